The van der Waals surface area contributed by atoms with Gasteiger partial charge in [0.05, 0.1) is 24.8 Å². The Morgan fingerprint density at radius 3 is 2.37 bits per heavy atom. The number of methoxy groups -OCH3 is 2. The van der Waals surface area contributed by atoms with E-state index in [1.54, 1.807) is 6.07 Å². The monoisotopic (exact) mass is 428 g/mol. The summed E-state index contributed by atoms with van der Waals surface area (Å²) < 4.78 is 14.3. The first-order chi connectivity index (χ1) is 14.4. The third-order valence-electron chi connectivity index (χ3n) is 3.77. The molecule has 8 nitrogen and oxygen atoms in total. The van der Waals surface area contributed by atoms with Crippen LogP contribution in [0.3, 0.4) is 0 Å². The van der Waals surface area contributed by atoms with Crippen LogP contribution >= 0.6 is 11.6 Å². The largest absolute Gasteiger partial charge is 0.480 e. The molecule has 0 bridgehead atoms. The van der Waals surface area contributed by atoms with Crippen molar-refractivity contribution in [2.24, 2.45) is 0 Å². The number of esters is 2. The molecule has 0 heterocycles. The fraction of sp³-hybridized carbons (Fsp3) is 0.143. The minimum atomic E-state index is -0.634. The van der Waals surface area contributed by atoms with Crippen molar-refractivity contribution >= 4 is 41.2 Å². The normalized spacial score (nSPS) is 10.5. The molecule has 154 valence electrons. The van der Waals surface area contributed by atoms with Crippen LogP contribution in [0.4, 0.5) is 5.69 Å². The van der Waals surface area contributed by atoms with Gasteiger partial charge < -0.3 is 19.5 Å². The summed E-state index contributed by atoms with van der Waals surface area (Å²) in [7, 11) is 2.51. The molecule has 0 unspecified atom stereocenters. The van der Waals surface area contributed by atoms with Gasteiger partial charge in [0, 0.05) is 5.69 Å². The fourth-order valence-electron chi connectivity index (χ4n) is 2.24. The minimum absolute atomic E-state index is 0.161. The molecule has 0 saturated heterocycles. The summed E-state index contributed by atoms with van der Waals surface area (Å²) in [6.45, 7) is -0.300. The van der Waals surface area contributed by atoms with Crippen LogP contribution in [0.1, 0.15) is 15.9 Å². The Bertz CT molecular complexity index is 1020. The highest BCUT2D eigenvalue weighted by Crippen LogP contribution is 2.26. The lowest BCUT2D eigenvalue weighted by atomic mass is 10.1. The lowest BCUT2D eigenvalue weighted by molar-refractivity contribution is -0.142. The van der Waals surface area contributed by atoms with Gasteiger partial charge in [0.2, 0.25) is 0 Å². The van der Waals surface area contributed by atoms with Gasteiger partial charge in [-0.2, -0.15) is 5.26 Å². The highest BCUT2D eigenvalue weighted by atomic mass is 35.5. The molecule has 30 heavy (non-hydrogen) atoms. The summed E-state index contributed by atoms with van der Waals surface area (Å²) in [5.74, 6) is -1.43. The van der Waals surface area contributed by atoms with Gasteiger partial charge in [-0.15, -0.1) is 0 Å². The minimum Gasteiger partial charge on any atom is -0.480 e. The third kappa shape index (κ3) is 6.09. The van der Waals surface area contributed by atoms with Crippen molar-refractivity contribution in [2.75, 3.05) is 26.1 Å². The maximum atomic E-state index is 12.4. The van der Waals surface area contributed by atoms with Crippen molar-refractivity contribution in [3.05, 3.63) is 64.2 Å². The third-order valence-corrected chi connectivity index (χ3v) is 4.06. The number of hydrogen-bond donors (Lipinski definition) is 1. The van der Waals surface area contributed by atoms with Crippen LogP contribution in [0.2, 0.25) is 5.02 Å². The van der Waals surface area contributed by atoms with Crippen molar-refractivity contribution in [1.82, 2.24) is 0 Å². The molecular weight excluding hydrogens is 412 g/mol. The van der Waals surface area contributed by atoms with Crippen LogP contribution in [-0.4, -0.2) is 38.7 Å². The van der Waals surface area contributed by atoms with Crippen molar-refractivity contribution < 1.29 is 28.6 Å². The molecule has 0 aliphatic rings. The first-order valence-electron chi connectivity index (χ1n) is 8.48. The molecule has 0 radical (unpaired) electrons. The second-order valence-electron chi connectivity index (χ2n) is 5.75. The molecule has 2 aromatic rings. The summed E-state index contributed by atoms with van der Waals surface area (Å²) in [5.41, 5.74) is 1.05. The van der Waals surface area contributed by atoms with Gasteiger partial charge in [-0.25, -0.2) is 9.59 Å². The van der Waals surface area contributed by atoms with Crippen LogP contribution in [-0.2, 0) is 19.1 Å². The van der Waals surface area contributed by atoms with Crippen LogP contribution in [0, 0.1) is 11.3 Å². The zero-order chi connectivity index (χ0) is 22.1. The molecule has 0 aromatic heterocycles. The highest BCUT2D eigenvalue weighted by molar-refractivity contribution is 6.32. The predicted molar refractivity (Wildman–Crippen MR) is 109 cm³/mol. The van der Waals surface area contributed by atoms with Gasteiger partial charge >= 0.3 is 11.9 Å². The van der Waals surface area contributed by atoms with Crippen LogP contribution < -0.4 is 10.1 Å². The molecule has 0 aliphatic carbocycles. The van der Waals surface area contributed by atoms with E-state index >= 15 is 0 Å². The van der Waals surface area contributed by atoms with E-state index in [2.05, 4.69) is 14.8 Å². The first-order valence-corrected chi connectivity index (χ1v) is 8.86. The summed E-state index contributed by atoms with van der Waals surface area (Å²) in [5, 5.41) is 12.1. The van der Waals surface area contributed by atoms with Crippen LogP contribution in [0.5, 0.6) is 5.75 Å². The molecular formula is C21H17ClN2O6. The number of halogens is 1. The number of nitriles is 1. The van der Waals surface area contributed by atoms with E-state index < -0.39 is 17.8 Å². The smallest absolute Gasteiger partial charge is 0.343 e. The molecule has 1 N–H and O–H groups in total. The van der Waals surface area contributed by atoms with E-state index in [4.69, 9.17) is 16.3 Å². The van der Waals surface area contributed by atoms with E-state index in [9.17, 15) is 19.6 Å². The van der Waals surface area contributed by atoms with Gasteiger partial charge in [0.15, 0.2) is 6.61 Å². The second kappa shape index (κ2) is 10.6. The number of ether oxygens (including phenoxy) is 3. The molecule has 0 fully saturated rings. The summed E-state index contributed by atoms with van der Waals surface area (Å²) in [4.78, 5) is 35.0. The standard InChI is InChI=1S/C21H17ClN2O6/c1-28-19(25)12-30-18-8-3-13(10-17(18)22)9-15(11-23)20(26)24-16-6-4-14(5-7-16)21(27)29-2/h3-10H,12H2,1-2H3,(H,24,26)/b15-9+. The lowest BCUT2D eigenvalue weighted by Crippen LogP contribution is -2.13. The average molecular weight is 429 g/mol. The zero-order valence-corrected chi connectivity index (χ0v) is 16.9. The lowest BCUT2D eigenvalue weighted by Gasteiger charge is -2.08. The van der Waals surface area contributed by atoms with E-state index in [1.165, 1.54) is 56.7 Å². The Kier molecular flexibility index (Phi) is 7.97. The van der Waals surface area contributed by atoms with Crippen LogP contribution in [0.25, 0.3) is 6.08 Å². The van der Waals surface area contributed by atoms with Crippen molar-refractivity contribution in [1.29, 1.82) is 5.26 Å². The topological polar surface area (TPSA) is 115 Å². The summed E-state index contributed by atoms with van der Waals surface area (Å²) >= 11 is 6.12. The van der Waals surface area contributed by atoms with Gasteiger partial charge in [0.1, 0.15) is 17.4 Å². The molecule has 0 aliphatic heterocycles. The first kappa shape index (κ1) is 22.5. The number of hydrogen-bond acceptors (Lipinski definition) is 7. The summed E-state index contributed by atoms with van der Waals surface area (Å²) in [6, 6.07) is 12.4. The van der Waals surface area contributed by atoms with E-state index in [1.807, 2.05) is 6.07 Å². The number of nitrogens with one attached hydrogen (secondary N) is 1. The Balaban J connectivity index is 2.11. The van der Waals surface area contributed by atoms with Gasteiger partial charge in [-0.3, -0.25) is 4.79 Å². The fourth-order valence-corrected chi connectivity index (χ4v) is 2.48. The van der Waals surface area contributed by atoms with E-state index in [-0.39, 0.29) is 23.0 Å². The quantitative estimate of drug-likeness (QED) is 0.409. The van der Waals surface area contributed by atoms with Crippen molar-refractivity contribution in [3.8, 4) is 11.8 Å². The number of carbonyl (C=O) groups excluding carboxylic acids is 3. The van der Waals surface area contributed by atoms with Crippen LogP contribution in [0.15, 0.2) is 48.0 Å². The number of carbonyl (C=O) groups is 3. The summed E-state index contributed by atoms with van der Waals surface area (Å²) in [6.07, 6.45) is 1.36. The molecule has 9 heteroatoms. The number of rotatable bonds is 7. The Hall–Kier alpha value is -3.83. The van der Waals surface area contributed by atoms with Crippen molar-refractivity contribution in [3.63, 3.8) is 0 Å². The Morgan fingerprint density at radius 1 is 1.10 bits per heavy atom. The molecule has 0 atom stereocenters. The van der Waals surface area contributed by atoms with Crippen molar-refractivity contribution in [2.45, 2.75) is 0 Å². The Labute approximate surface area is 177 Å². The van der Waals surface area contributed by atoms with Gasteiger partial charge in [0.25, 0.3) is 5.91 Å². The molecule has 2 aromatic carbocycles. The zero-order valence-electron chi connectivity index (χ0n) is 16.1. The second-order valence-corrected chi connectivity index (χ2v) is 6.15. The van der Waals surface area contributed by atoms with Gasteiger partial charge in [-0.1, -0.05) is 17.7 Å². The molecule has 0 spiro atoms. The van der Waals surface area contributed by atoms with E-state index in [0.717, 1.165) is 0 Å². The Morgan fingerprint density at radius 2 is 1.80 bits per heavy atom. The predicted octanol–water partition coefficient (Wildman–Crippen LogP) is 3.22. The SMILES string of the molecule is COC(=O)COc1ccc(/C=C(\C#N)C(=O)Nc2ccc(C(=O)OC)cc2)cc1Cl. The average Bonchev–Trinajstić information content (AvgIpc) is 2.76. The number of anilines is 1. The number of nitrogens with zero attached hydrogens (tertiary/aromatic N) is 1. The maximum absolute atomic E-state index is 12.4. The highest BCUT2D eigenvalue weighted by Gasteiger charge is 2.12. The number of amides is 1. The number of benzene rings is 2. The molecule has 0 saturated carbocycles. The maximum Gasteiger partial charge on any atom is 0.343 e. The molecule has 2 rings (SSSR count). The van der Waals surface area contributed by atoms with Gasteiger partial charge in [-0.05, 0) is 48.0 Å². The molecule has 1 amide bonds. The van der Waals surface area contributed by atoms with E-state index in [0.29, 0.717) is 16.8 Å².